The van der Waals surface area contributed by atoms with Gasteiger partial charge in [0.15, 0.2) is 32.8 Å². The van der Waals surface area contributed by atoms with E-state index in [0.717, 1.165) is 24.0 Å². The van der Waals surface area contributed by atoms with E-state index in [4.69, 9.17) is 34.2 Å². The summed E-state index contributed by atoms with van der Waals surface area (Å²) in [5, 5.41) is 0. The van der Waals surface area contributed by atoms with E-state index in [1.807, 2.05) is 32.0 Å². The van der Waals surface area contributed by atoms with E-state index in [9.17, 15) is 8.42 Å². The van der Waals surface area contributed by atoms with Crippen molar-refractivity contribution >= 4 is 9.84 Å². The maximum Gasteiger partial charge on any atom is 0.203 e. The average Bonchev–Trinajstić information content (AvgIpc) is 3.40. The number of ether oxygens (including phenoxy) is 6. The number of rotatable bonds is 14. The summed E-state index contributed by atoms with van der Waals surface area (Å²) in [4.78, 5) is 0.132. The number of benzene rings is 2. The molecule has 1 aliphatic rings. The SMILES string of the molecule is CCCOc1c(OCCN)cc([C@@H]2CC[C@@H](c3cc(OC)c(OC)c(OC)c3)O2)cc1S(=O)(=O)CCC. The van der Waals surface area contributed by atoms with Crippen molar-refractivity contribution in [1.29, 1.82) is 0 Å². The molecule has 0 unspecified atom stereocenters. The van der Waals surface area contributed by atoms with Crippen LogP contribution in [0.4, 0.5) is 0 Å². The van der Waals surface area contributed by atoms with E-state index < -0.39 is 9.84 Å². The molecule has 3 rings (SSSR count). The van der Waals surface area contributed by atoms with Crippen molar-refractivity contribution in [3.8, 4) is 28.7 Å². The first kappa shape index (κ1) is 28.9. The first-order chi connectivity index (χ1) is 17.8. The van der Waals surface area contributed by atoms with E-state index in [-0.39, 0.29) is 41.8 Å². The summed E-state index contributed by atoms with van der Waals surface area (Å²) >= 11 is 0. The first-order valence-electron chi connectivity index (χ1n) is 12.6. The zero-order chi connectivity index (χ0) is 27.0. The van der Waals surface area contributed by atoms with Gasteiger partial charge in [0.25, 0.3) is 0 Å². The highest BCUT2D eigenvalue weighted by atomic mass is 32.2. The standard InChI is InChI=1S/C27H39NO8S/c1-6-11-35-27-24(34-12-10-28)16-19(17-25(27)37(29,30)13-7-2)21-9-8-20(36-21)18-14-22(31-3)26(33-5)23(15-18)32-4/h14-17,20-21H,6-13,28H2,1-5H3/t20-,21-/m0/s1. The molecule has 206 valence electrons. The summed E-state index contributed by atoms with van der Waals surface area (Å²) in [6, 6.07) is 7.24. The van der Waals surface area contributed by atoms with Gasteiger partial charge in [-0.05, 0) is 61.1 Å². The van der Waals surface area contributed by atoms with Crippen molar-refractivity contribution in [1.82, 2.24) is 0 Å². The van der Waals surface area contributed by atoms with Gasteiger partial charge in [-0.15, -0.1) is 0 Å². The molecule has 1 saturated heterocycles. The van der Waals surface area contributed by atoms with Gasteiger partial charge in [0, 0.05) is 6.54 Å². The summed E-state index contributed by atoms with van der Waals surface area (Å²) < 4.78 is 61.2. The zero-order valence-electron chi connectivity index (χ0n) is 22.4. The fourth-order valence-electron chi connectivity index (χ4n) is 4.43. The van der Waals surface area contributed by atoms with E-state index in [1.165, 1.54) is 0 Å². The van der Waals surface area contributed by atoms with Crippen molar-refractivity contribution in [3.63, 3.8) is 0 Å². The highest BCUT2D eigenvalue weighted by Gasteiger charge is 2.32. The Kier molecular flexibility index (Phi) is 10.3. The van der Waals surface area contributed by atoms with Crippen LogP contribution in [-0.2, 0) is 14.6 Å². The summed E-state index contributed by atoms with van der Waals surface area (Å²) in [7, 11) is 1.10. The second-order valence-corrected chi connectivity index (χ2v) is 10.9. The fraction of sp³-hybridized carbons (Fsp3) is 0.556. The van der Waals surface area contributed by atoms with Gasteiger partial charge in [-0.2, -0.15) is 0 Å². The van der Waals surface area contributed by atoms with E-state index in [1.54, 1.807) is 27.4 Å². The lowest BCUT2D eigenvalue weighted by molar-refractivity contribution is 0.0435. The molecule has 2 atom stereocenters. The van der Waals surface area contributed by atoms with Gasteiger partial charge in [-0.25, -0.2) is 8.42 Å². The van der Waals surface area contributed by atoms with Crippen LogP contribution in [0.3, 0.4) is 0 Å². The fourth-order valence-corrected chi connectivity index (χ4v) is 5.94. The quantitative estimate of drug-likeness (QED) is 0.369. The molecule has 0 bridgehead atoms. The van der Waals surface area contributed by atoms with Gasteiger partial charge in [0.2, 0.25) is 5.75 Å². The molecule has 0 aromatic heterocycles. The van der Waals surface area contributed by atoms with Crippen LogP contribution in [0.25, 0.3) is 0 Å². The molecular weight excluding hydrogens is 498 g/mol. The molecule has 1 aliphatic heterocycles. The van der Waals surface area contributed by atoms with Crippen molar-refractivity contribution in [2.75, 3.05) is 46.8 Å². The van der Waals surface area contributed by atoms with E-state index in [0.29, 0.717) is 42.4 Å². The molecule has 2 aromatic rings. The predicted octanol–water partition coefficient (Wildman–Crippen LogP) is 4.62. The molecule has 9 nitrogen and oxygen atoms in total. The first-order valence-corrected chi connectivity index (χ1v) is 14.3. The third-order valence-electron chi connectivity index (χ3n) is 6.13. The Bertz CT molecular complexity index is 1130. The summed E-state index contributed by atoms with van der Waals surface area (Å²) in [5.74, 6) is 2.23. The second-order valence-electron chi connectivity index (χ2n) is 8.80. The predicted molar refractivity (Wildman–Crippen MR) is 141 cm³/mol. The molecule has 0 amide bonds. The summed E-state index contributed by atoms with van der Waals surface area (Å²) in [6.45, 7) is 4.69. The molecule has 1 fully saturated rings. The number of methoxy groups -OCH3 is 3. The summed E-state index contributed by atoms with van der Waals surface area (Å²) in [5.41, 5.74) is 7.28. The van der Waals surface area contributed by atoms with E-state index in [2.05, 4.69) is 0 Å². The number of sulfone groups is 1. The van der Waals surface area contributed by atoms with Crippen LogP contribution in [0, 0.1) is 0 Å². The van der Waals surface area contributed by atoms with Gasteiger partial charge in [-0.3, -0.25) is 0 Å². The second kappa shape index (κ2) is 13.2. The minimum absolute atomic E-state index is 0.00878. The maximum absolute atomic E-state index is 13.3. The minimum atomic E-state index is -3.60. The van der Waals surface area contributed by atoms with Crippen molar-refractivity contribution in [2.24, 2.45) is 5.73 Å². The monoisotopic (exact) mass is 537 g/mol. The van der Waals surface area contributed by atoms with Crippen LogP contribution in [0.15, 0.2) is 29.2 Å². The lowest BCUT2D eigenvalue weighted by Crippen LogP contribution is -2.15. The van der Waals surface area contributed by atoms with E-state index >= 15 is 0 Å². The molecule has 0 aliphatic carbocycles. The van der Waals surface area contributed by atoms with Gasteiger partial charge in [-0.1, -0.05) is 13.8 Å². The molecule has 0 radical (unpaired) electrons. The Labute approximate surface area is 220 Å². The Balaban J connectivity index is 2.01. The highest BCUT2D eigenvalue weighted by Crippen LogP contribution is 2.48. The van der Waals surface area contributed by atoms with Gasteiger partial charge in [0.1, 0.15) is 11.5 Å². The van der Waals surface area contributed by atoms with Crippen LogP contribution < -0.4 is 29.4 Å². The Hall–Kier alpha value is -2.69. The molecule has 1 heterocycles. The molecule has 37 heavy (non-hydrogen) atoms. The Morgan fingerprint density at radius 3 is 1.92 bits per heavy atom. The number of hydrogen-bond donors (Lipinski definition) is 1. The third kappa shape index (κ3) is 6.61. The third-order valence-corrected chi connectivity index (χ3v) is 8.05. The van der Waals surface area contributed by atoms with Gasteiger partial charge >= 0.3 is 0 Å². The largest absolute Gasteiger partial charge is 0.493 e. The normalized spacial score (nSPS) is 17.5. The minimum Gasteiger partial charge on any atom is -0.493 e. The highest BCUT2D eigenvalue weighted by molar-refractivity contribution is 7.91. The molecule has 0 saturated carbocycles. The van der Waals surface area contributed by atoms with Crippen LogP contribution in [0.2, 0.25) is 0 Å². The number of nitrogens with two attached hydrogens (primary N) is 1. The van der Waals surface area contributed by atoms with Crippen molar-refractivity contribution in [3.05, 3.63) is 35.4 Å². The Morgan fingerprint density at radius 1 is 0.811 bits per heavy atom. The zero-order valence-corrected chi connectivity index (χ0v) is 23.2. The topological polar surface area (TPSA) is 116 Å². The molecule has 2 N–H and O–H groups in total. The van der Waals surface area contributed by atoms with Gasteiger partial charge in [0.05, 0.1) is 45.9 Å². The van der Waals surface area contributed by atoms with Crippen LogP contribution >= 0.6 is 0 Å². The molecular formula is C27H39NO8S. The van der Waals surface area contributed by atoms with Crippen molar-refractivity contribution < 1.29 is 36.8 Å². The Morgan fingerprint density at radius 2 is 1.41 bits per heavy atom. The van der Waals surface area contributed by atoms with Crippen molar-refractivity contribution in [2.45, 2.75) is 56.6 Å². The average molecular weight is 538 g/mol. The van der Waals surface area contributed by atoms with Crippen LogP contribution in [0.1, 0.15) is 62.9 Å². The lowest BCUT2D eigenvalue weighted by Gasteiger charge is -2.21. The molecule has 10 heteroatoms. The van der Waals surface area contributed by atoms with Crippen LogP contribution in [0.5, 0.6) is 28.7 Å². The molecule has 0 spiro atoms. The summed E-state index contributed by atoms with van der Waals surface area (Å²) in [6.07, 6.45) is 2.07. The maximum atomic E-state index is 13.3. The van der Waals surface area contributed by atoms with Gasteiger partial charge < -0.3 is 34.2 Å². The van der Waals surface area contributed by atoms with Crippen LogP contribution in [-0.4, -0.2) is 55.3 Å². The smallest absolute Gasteiger partial charge is 0.203 e. The lowest BCUT2D eigenvalue weighted by atomic mass is 10.0. The number of hydrogen-bond acceptors (Lipinski definition) is 9. The molecule has 2 aromatic carbocycles.